The molecule has 7 atom stereocenters. The van der Waals surface area contributed by atoms with E-state index in [1.54, 1.807) is 24.9 Å². The number of thioether (sulfide) groups is 1. The first-order valence-electron chi connectivity index (χ1n) is 10.8. The third-order valence-corrected chi connectivity index (χ3v) is 8.23. The second kappa shape index (κ2) is 9.21. The molecule has 1 aliphatic heterocycles. The van der Waals surface area contributed by atoms with Gasteiger partial charge in [-0.2, -0.15) is 11.8 Å². The molecule has 0 amide bonds. The summed E-state index contributed by atoms with van der Waals surface area (Å²) in [5, 5.41) is 22.1. The molecule has 0 bridgehead atoms. The van der Waals surface area contributed by atoms with Gasteiger partial charge in [0.1, 0.15) is 11.4 Å². The van der Waals surface area contributed by atoms with Crippen molar-refractivity contribution in [3.63, 3.8) is 0 Å². The van der Waals surface area contributed by atoms with E-state index >= 15 is 0 Å². The molecule has 0 aromatic heterocycles. The van der Waals surface area contributed by atoms with E-state index < -0.39 is 11.2 Å². The SMILES string of the molecule is COC1C(N)CCC(O)(CSC(C)c2ccccc2O)C1C1(C)OC1CC=C(C)C. The van der Waals surface area contributed by atoms with Gasteiger partial charge in [-0.25, -0.2) is 0 Å². The number of ether oxygens (including phenoxy) is 2. The maximum atomic E-state index is 11.9. The Balaban J connectivity index is 1.80. The molecule has 1 saturated carbocycles. The maximum absolute atomic E-state index is 11.9. The van der Waals surface area contributed by atoms with Crippen LogP contribution in [0.4, 0.5) is 0 Å². The Kier molecular flexibility index (Phi) is 7.25. The van der Waals surface area contributed by atoms with E-state index in [1.165, 1.54) is 5.57 Å². The lowest BCUT2D eigenvalue weighted by Crippen LogP contribution is -2.62. The fraction of sp³-hybridized carbons (Fsp3) is 0.667. The summed E-state index contributed by atoms with van der Waals surface area (Å²) in [6.07, 6.45) is 4.16. The van der Waals surface area contributed by atoms with Crippen LogP contribution in [0.3, 0.4) is 0 Å². The predicted octanol–water partition coefficient (Wildman–Crippen LogP) is 4.18. The molecule has 30 heavy (non-hydrogen) atoms. The zero-order valence-corrected chi connectivity index (χ0v) is 19.6. The number of epoxide rings is 1. The Morgan fingerprint density at radius 1 is 1.40 bits per heavy atom. The minimum absolute atomic E-state index is 0.0573. The van der Waals surface area contributed by atoms with E-state index in [0.717, 1.165) is 12.0 Å². The van der Waals surface area contributed by atoms with Gasteiger partial charge in [-0.3, -0.25) is 0 Å². The zero-order valence-electron chi connectivity index (χ0n) is 18.8. The van der Waals surface area contributed by atoms with Crippen molar-refractivity contribution in [2.75, 3.05) is 12.9 Å². The Hall–Kier alpha value is -1.05. The van der Waals surface area contributed by atoms with Crippen LogP contribution in [0, 0.1) is 5.92 Å². The van der Waals surface area contributed by atoms with Crippen LogP contribution in [0.25, 0.3) is 0 Å². The van der Waals surface area contributed by atoms with Crippen LogP contribution < -0.4 is 5.73 Å². The van der Waals surface area contributed by atoms with Crippen LogP contribution in [-0.4, -0.2) is 52.5 Å². The van der Waals surface area contributed by atoms with Crippen molar-refractivity contribution < 1.29 is 19.7 Å². The fourth-order valence-electron chi connectivity index (χ4n) is 4.98. The number of nitrogens with two attached hydrogens (primary N) is 1. The van der Waals surface area contributed by atoms with Gasteiger partial charge in [0.2, 0.25) is 0 Å². The normalized spacial score (nSPS) is 36.9. The van der Waals surface area contributed by atoms with Crippen molar-refractivity contribution in [3.05, 3.63) is 41.5 Å². The number of rotatable bonds is 8. The van der Waals surface area contributed by atoms with Crippen LogP contribution in [0.5, 0.6) is 5.75 Å². The standard InChI is InChI=1S/C24H37NO4S/c1-15(2)10-11-20-23(4,29-20)22-21(28-5)18(25)12-13-24(22,27)14-30-16(3)17-8-6-7-9-19(17)26/h6-10,16,18,20-22,26-27H,11-14,25H2,1-5H3. The predicted molar refractivity (Wildman–Crippen MR) is 123 cm³/mol. The molecular formula is C24H37NO4S. The summed E-state index contributed by atoms with van der Waals surface area (Å²) < 4.78 is 12.0. The van der Waals surface area contributed by atoms with Crippen molar-refractivity contribution in [2.24, 2.45) is 11.7 Å². The van der Waals surface area contributed by atoms with E-state index in [9.17, 15) is 10.2 Å². The molecule has 1 saturated heterocycles. The first-order chi connectivity index (χ1) is 14.1. The third kappa shape index (κ3) is 4.73. The fourth-order valence-corrected chi connectivity index (χ4v) is 6.22. The van der Waals surface area contributed by atoms with Crippen LogP contribution in [-0.2, 0) is 9.47 Å². The number of phenols is 1. The largest absolute Gasteiger partial charge is 0.508 e. The molecule has 2 aliphatic rings. The molecule has 1 aromatic carbocycles. The highest BCUT2D eigenvalue weighted by molar-refractivity contribution is 7.99. The lowest BCUT2D eigenvalue weighted by atomic mass is 9.66. The second-order valence-electron chi connectivity index (χ2n) is 9.30. The second-order valence-corrected chi connectivity index (χ2v) is 10.6. The summed E-state index contributed by atoms with van der Waals surface area (Å²) in [7, 11) is 1.68. The quantitative estimate of drug-likeness (QED) is 0.419. The molecule has 5 nitrogen and oxygen atoms in total. The molecule has 0 spiro atoms. The van der Waals surface area contributed by atoms with E-state index in [4.69, 9.17) is 15.2 Å². The van der Waals surface area contributed by atoms with Gasteiger partial charge in [0, 0.05) is 35.6 Å². The van der Waals surface area contributed by atoms with E-state index in [0.29, 0.717) is 24.3 Å². The van der Waals surface area contributed by atoms with Crippen molar-refractivity contribution >= 4 is 11.8 Å². The van der Waals surface area contributed by atoms with E-state index in [2.05, 4.69) is 33.8 Å². The Morgan fingerprint density at radius 2 is 2.10 bits per heavy atom. The number of benzene rings is 1. The maximum Gasteiger partial charge on any atom is 0.119 e. The van der Waals surface area contributed by atoms with Gasteiger partial charge in [-0.15, -0.1) is 0 Å². The zero-order chi connectivity index (χ0) is 22.1. The van der Waals surface area contributed by atoms with Gasteiger partial charge in [0.15, 0.2) is 0 Å². The third-order valence-electron chi connectivity index (χ3n) is 6.81. The number of methoxy groups -OCH3 is 1. The summed E-state index contributed by atoms with van der Waals surface area (Å²) >= 11 is 1.66. The van der Waals surface area contributed by atoms with Crippen molar-refractivity contribution in [2.45, 2.75) is 81.7 Å². The minimum Gasteiger partial charge on any atom is -0.508 e. The van der Waals surface area contributed by atoms with Gasteiger partial charge in [0.25, 0.3) is 0 Å². The number of hydrogen-bond acceptors (Lipinski definition) is 6. The number of para-hydroxylation sites is 1. The molecule has 1 aliphatic carbocycles. The number of hydrogen-bond donors (Lipinski definition) is 3. The average molecular weight is 436 g/mol. The molecule has 0 radical (unpaired) electrons. The van der Waals surface area contributed by atoms with Gasteiger partial charge in [-0.05, 0) is 53.0 Å². The molecule has 7 unspecified atom stereocenters. The van der Waals surface area contributed by atoms with E-state index in [-0.39, 0.29) is 29.4 Å². The summed E-state index contributed by atoms with van der Waals surface area (Å²) in [5.74, 6) is 0.618. The highest BCUT2D eigenvalue weighted by atomic mass is 32.2. The Morgan fingerprint density at radius 3 is 2.73 bits per heavy atom. The highest BCUT2D eigenvalue weighted by Gasteiger charge is 2.66. The van der Waals surface area contributed by atoms with Crippen molar-refractivity contribution in [1.82, 2.24) is 0 Å². The van der Waals surface area contributed by atoms with Gasteiger partial charge >= 0.3 is 0 Å². The molecule has 6 heteroatoms. The molecular weight excluding hydrogens is 398 g/mol. The Labute approximate surface area is 185 Å². The van der Waals surface area contributed by atoms with Crippen molar-refractivity contribution in [1.29, 1.82) is 0 Å². The number of phenolic OH excluding ortho intramolecular Hbond substituents is 1. The summed E-state index contributed by atoms with van der Waals surface area (Å²) in [6, 6.07) is 7.27. The average Bonchev–Trinajstić information content (AvgIpc) is 3.37. The van der Waals surface area contributed by atoms with E-state index in [1.807, 2.05) is 18.2 Å². The van der Waals surface area contributed by atoms with Crippen molar-refractivity contribution in [3.8, 4) is 5.75 Å². The molecule has 4 N–H and O–H groups in total. The Bertz CT molecular complexity index is 767. The summed E-state index contributed by atoms with van der Waals surface area (Å²) in [5.41, 5.74) is 7.15. The monoisotopic (exact) mass is 435 g/mol. The smallest absolute Gasteiger partial charge is 0.119 e. The summed E-state index contributed by atoms with van der Waals surface area (Å²) in [4.78, 5) is 0. The molecule has 3 rings (SSSR count). The highest BCUT2D eigenvalue weighted by Crippen LogP contribution is 2.55. The topological polar surface area (TPSA) is 88.2 Å². The lowest BCUT2D eigenvalue weighted by Gasteiger charge is -2.49. The number of aliphatic hydroxyl groups is 1. The van der Waals surface area contributed by atoms with Crippen LogP contribution >= 0.6 is 11.8 Å². The molecule has 1 aromatic rings. The number of allylic oxidation sites excluding steroid dienone is 1. The first-order valence-corrected chi connectivity index (χ1v) is 11.9. The van der Waals surface area contributed by atoms with Crippen LogP contribution in [0.2, 0.25) is 0 Å². The summed E-state index contributed by atoms with van der Waals surface area (Å²) in [6.45, 7) is 8.32. The number of aromatic hydroxyl groups is 1. The molecule has 168 valence electrons. The van der Waals surface area contributed by atoms with Gasteiger partial charge in [-0.1, -0.05) is 29.8 Å². The van der Waals surface area contributed by atoms with Gasteiger partial charge in [0.05, 0.1) is 17.8 Å². The molecule has 2 fully saturated rings. The van der Waals surface area contributed by atoms with Crippen LogP contribution in [0.15, 0.2) is 35.9 Å². The first kappa shape index (κ1) is 23.6. The van der Waals surface area contributed by atoms with Gasteiger partial charge < -0.3 is 25.4 Å². The minimum atomic E-state index is -0.950. The molecule has 1 heterocycles. The lowest BCUT2D eigenvalue weighted by molar-refractivity contribution is -0.134. The van der Waals surface area contributed by atoms with Crippen LogP contribution in [0.1, 0.15) is 57.8 Å².